The SMILES string of the molecule is CCCC=C1C=COC1. The van der Waals surface area contributed by atoms with Gasteiger partial charge in [0.1, 0.15) is 6.61 Å². The number of rotatable bonds is 2. The zero-order valence-corrected chi connectivity index (χ0v) is 5.76. The zero-order chi connectivity index (χ0) is 6.53. The third-order valence-electron chi connectivity index (χ3n) is 1.32. The topological polar surface area (TPSA) is 9.23 Å². The van der Waals surface area contributed by atoms with Crippen molar-refractivity contribution in [2.45, 2.75) is 19.8 Å². The van der Waals surface area contributed by atoms with Crippen LogP contribution in [0.4, 0.5) is 0 Å². The lowest BCUT2D eigenvalue weighted by Crippen LogP contribution is -1.81. The Balaban J connectivity index is 2.32. The molecule has 0 spiro atoms. The van der Waals surface area contributed by atoms with Gasteiger partial charge in [-0.3, -0.25) is 0 Å². The molecule has 1 heterocycles. The molecule has 0 fully saturated rings. The largest absolute Gasteiger partial charge is 0.497 e. The lowest BCUT2D eigenvalue weighted by atomic mass is 10.2. The zero-order valence-electron chi connectivity index (χ0n) is 5.76. The summed E-state index contributed by atoms with van der Waals surface area (Å²) in [6.07, 6.45) is 8.39. The third-order valence-corrected chi connectivity index (χ3v) is 1.32. The standard InChI is InChI=1S/C8H12O/c1-2-3-4-8-5-6-9-7-8/h4-6H,2-3,7H2,1H3. The molecular weight excluding hydrogens is 112 g/mol. The molecule has 0 aliphatic carbocycles. The molecule has 1 aliphatic rings. The Labute approximate surface area is 56.0 Å². The highest BCUT2D eigenvalue weighted by Crippen LogP contribution is 2.07. The van der Waals surface area contributed by atoms with Crippen molar-refractivity contribution >= 4 is 0 Å². The first-order valence-electron chi connectivity index (χ1n) is 3.40. The summed E-state index contributed by atoms with van der Waals surface area (Å²) in [6, 6.07) is 0. The monoisotopic (exact) mass is 124 g/mol. The minimum Gasteiger partial charge on any atom is -0.497 e. The summed E-state index contributed by atoms with van der Waals surface area (Å²) < 4.78 is 5.01. The highest BCUT2D eigenvalue weighted by Gasteiger charge is 1.96. The van der Waals surface area contributed by atoms with Crippen molar-refractivity contribution in [1.29, 1.82) is 0 Å². The lowest BCUT2D eigenvalue weighted by molar-refractivity contribution is 0.301. The molecule has 1 rings (SSSR count). The van der Waals surface area contributed by atoms with E-state index in [2.05, 4.69) is 13.0 Å². The van der Waals surface area contributed by atoms with Gasteiger partial charge in [0.05, 0.1) is 6.26 Å². The van der Waals surface area contributed by atoms with Crippen LogP contribution in [0.5, 0.6) is 0 Å². The van der Waals surface area contributed by atoms with E-state index < -0.39 is 0 Å². The normalized spacial score (nSPS) is 20.8. The van der Waals surface area contributed by atoms with Crippen LogP contribution in [-0.2, 0) is 4.74 Å². The van der Waals surface area contributed by atoms with E-state index in [4.69, 9.17) is 4.74 Å². The van der Waals surface area contributed by atoms with E-state index in [0.29, 0.717) is 0 Å². The average molecular weight is 124 g/mol. The van der Waals surface area contributed by atoms with Crippen molar-refractivity contribution in [1.82, 2.24) is 0 Å². The van der Waals surface area contributed by atoms with Crippen LogP contribution in [0.15, 0.2) is 24.0 Å². The molecule has 0 bridgehead atoms. The molecule has 9 heavy (non-hydrogen) atoms. The van der Waals surface area contributed by atoms with Crippen molar-refractivity contribution in [2.75, 3.05) is 6.61 Å². The smallest absolute Gasteiger partial charge is 0.112 e. The Kier molecular flexibility index (Phi) is 2.37. The molecule has 0 amide bonds. The van der Waals surface area contributed by atoms with Gasteiger partial charge in [0.25, 0.3) is 0 Å². The number of unbranched alkanes of at least 4 members (excludes halogenated alkanes) is 1. The first-order valence-corrected chi connectivity index (χ1v) is 3.40. The van der Waals surface area contributed by atoms with Gasteiger partial charge in [-0.05, 0) is 18.1 Å². The van der Waals surface area contributed by atoms with E-state index in [0.717, 1.165) is 6.61 Å². The maximum absolute atomic E-state index is 5.01. The Morgan fingerprint density at radius 3 is 3.22 bits per heavy atom. The minimum atomic E-state index is 0.778. The van der Waals surface area contributed by atoms with Crippen LogP contribution < -0.4 is 0 Å². The summed E-state index contributed by atoms with van der Waals surface area (Å²) in [6.45, 7) is 2.95. The highest BCUT2D eigenvalue weighted by molar-refractivity contribution is 5.21. The molecule has 0 saturated heterocycles. The molecule has 0 aromatic rings. The van der Waals surface area contributed by atoms with Gasteiger partial charge in [0, 0.05) is 0 Å². The summed E-state index contributed by atoms with van der Waals surface area (Å²) in [7, 11) is 0. The van der Waals surface area contributed by atoms with E-state index in [9.17, 15) is 0 Å². The van der Waals surface area contributed by atoms with Gasteiger partial charge in [-0.2, -0.15) is 0 Å². The van der Waals surface area contributed by atoms with Gasteiger partial charge in [-0.15, -0.1) is 0 Å². The Bertz CT molecular complexity index is 134. The predicted octanol–water partition coefficient (Wildman–Crippen LogP) is 2.26. The quantitative estimate of drug-likeness (QED) is 0.548. The summed E-state index contributed by atoms with van der Waals surface area (Å²) in [5.74, 6) is 0. The fourth-order valence-corrected chi connectivity index (χ4v) is 0.785. The molecule has 0 N–H and O–H groups in total. The molecule has 1 nitrogen and oxygen atoms in total. The van der Waals surface area contributed by atoms with Gasteiger partial charge >= 0.3 is 0 Å². The van der Waals surface area contributed by atoms with Gasteiger partial charge in [-0.1, -0.05) is 19.4 Å². The molecular formula is C8H12O. The van der Waals surface area contributed by atoms with Crippen LogP contribution >= 0.6 is 0 Å². The third kappa shape index (κ3) is 1.92. The molecule has 0 radical (unpaired) electrons. The minimum absolute atomic E-state index is 0.778. The van der Waals surface area contributed by atoms with Crippen LogP contribution in [-0.4, -0.2) is 6.61 Å². The predicted molar refractivity (Wildman–Crippen MR) is 38.1 cm³/mol. The van der Waals surface area contributed by atoms with E-state index in [1.165, 1.54) is 18.4 Å². The Hall–Kier alpha value is -0.720. The maximum Gasteiger partial charge on any atom is 0.112 e. The molecule has 0 saturated carbocycles. The number of ether oxygens (including phenoxy) is 1. The first-order chi connectivity index (χ1) is 4.43. The molecule has 0 aromatic heterocycles. The van der Waals surface area contributed by atoms with E-state index in [1.54, 1.807) is 6.26 Å². The number of hydrogen-bond donors (Lipinski definition) is 0. The van der Waals surface area contributed by atoms with Crippen LogP contribution in [0.2, 0.25) is 0 Å². The van der Waals surface area contributed by atoms with Gasteiger partial charge in [0.15, 0.2) is 0 Å². The molecule has 1 heteroatoms. The van der Waals surface area contributed by atoms with Crippen molar-refractivity contribution in [3.63, 3.8) is 0 Å². The molecule has 0 unspecified atom stereocenters. The van der Waals surface area contributed by atoms with E-state index in [-0.39, 0.29) is 0 Å². The van der Waals surface area contributed by atoms with Crippen LogP contribution in [0.1, 0.15) is 19.8 Å². The Morgan fingerprint density at radius 2 is 2.67 bits per heavy atom. The van der Waals surface area contributed by atoms with Crippen molar-refractivity contribution in [3.8, 4) is 0 Å². The van der Waals surface area contributed by atoms with Crippen molar-refractivity contribution in [2.24, 2.45) is 0 Å². The summed E-state index contributed by atoms with van der Waals surface area (Å²) in [5.41, 5.74) is 1.32. The maximum atomic E-state index is 5.01. The van der Waals surface area contributed by atoms with Crippen LogP contribution in [0.25, 0.3) is 0 Å². The van der Waals surface area contributed by atoms with Crippen molar-refractivity contribution < 1.29 is 4.74 Å². The van der Waals surface area contributed by atoms with Crippen LogP contribution in [0, 0.1) is 0 Å². The van der Waals surface area contributed by atoms with Crippen molar-refractivity contribution in [3.05, 3.63) is 24.0 Å². The highest BCUT2D eigenvalue weighted by atomic mass is 16.5. The van der Waals surface area contributed by atoms with E-state index in [1.807, 2.05) is 6.08 Å². The second-order valence-electron chi connectivity index (χ2n) is 2.18. The fraction of sp³-hybridized carbons (Fsp3) is 0.500. The lowest BCUT2D eigenvalue weighted by Gasteiger charge is -1.90. The Morgan fingerprint density at radius 1 is 1.78 bits per heavy atom. The van der Waals surface area contributed by atoms with Crippen LogP contribution in [0.3, 0.4) is 0 Å². The van der Waals surface area contributed by atoms with E-state index >= 15 is 0 Å². The molecule has 1 aliphatic heterocycles. The molecule has 50 valence electrons. The number of hydrogen-bond acceptors (Lipinski definition) is 1. The van der Waals surface area contributed by atoms with Gasteiger partial charge in [-0.25, -0.2) is 0 Å². The fourth-order valence-electron chi connectivity index (χ4n) is 0.785. The summed E-state index contributed by atoms with van der Waals surface area (Å²) >= 11 is 0. The summed E-state index contributed by atoms with van der Waals surface area (Å²) in [4.78, 5) is 0. The summed E-state index contributed by atoms with van der Waals surface area (Å²) in [5, 5.41) is 0. The average Bonchev–Trinajstić information content (AvgIpc) is 2.34. The molecule has 0 atom stereocenters. The second-order valence-corrected chi connectivity index (χ2v) is 2.18. The number of allylic oxidation sites excluding steroid dienone is 1. The first kappa shape index (κ1) is 6.40. The molecule has 0 aromatic carbocycles. The second kappa shape index (κ2) is 3.33. The van der Waals surface area contributed by atoms with Gasteiger partial charge in [0.2, 0.25) is 0 Å². The van der Waals surface area contributed by atoms with Gasteiger partial charge < -0.3 is 4.74 Å².